The van der Waals surface area contributed by atoms with Crippen molar-refractivity contribution in [1.82, 2.24) is 30.3 Å². The quantitative estimate of drug-likeness (QED) is 0.255. The normalized spacial score (nSPS) is 21.7. The van der Waals surface area contributed by atoms with Gasteiger partial charge in [-0.2, -0.15) is 10.4 Å². The van der Waals surface area contributed by atoms with E-state index < -0.39 is 6.04 Å². The fourth-order valence-corrected chi connectivity index (χ4v) is 9.60. The zero-order valence-electron chi connectivity index (χ0n) is 30.8. The number of halogens is 1. The monoisotopic (exact) mass is 760 g/mol. The second-order valence-corrected chi connectivity index (χ2v) is 16.1. The van der Waals surface area contributed by atoms with Crippen LogP contribution in [0.2, 0.25) is 5.02 Å². The number of aromatic amines is 1. The van der Waals surface area contributed by atoms with Crippen LogP contribution in [0.5, 0.6) is 0 Å². The molecule has 0 saturated carbocycles. The minimum atomic E-state index is -0.592. The number of carbonyl (C=O) groups is 3. The van der Waals surface area contributed by atoms with Crippen molar-refractivity contribution in [3.05, 3.63) is 76.1 Å². The van der Waals surface area contributed by atoms with Crippen molar-refractivity contribution in [2.75, 3.05) is 73.6 Å². The molecule has 2 aromatic heterocycles. The summed E-state index contributed by atoms with van der Waals surface area (Å²) >= 11 is 6.44. The molecule has 4 fully saturated rings. The van der Waals surface area contributed by atoms with E-state index in [1.165, 1.54) is 0 Å². The maximum absolute atomic E-state index is 13.1. The Labute approximate surface area is 325 Å². The number of piperazine rings is 1. The molecular weight excluding hydrogens is 716 g/mol. The SMILES string of the molecule is N#Cc1c[nH]c2c(N3CCC(c4ccc(N5CCC(CN6CCN(c7ccc8c(c7)CN(C7CCC(=O)NC7=O)C8=O)CC6)CC5)nn4)CC3)ccc(Cl)c12. The molecule has 0 spiro atoms. The summed E-state index contributed by atoms with van der Waals surface area (Å²) in [6, 6.07) is 16.0. The number of carbonyl (C=O) groups excluding carboxylic acids is 3. The Morgan fingerprint density at radius 3 is 2.35 bits per heavy atom. The van der Waals surface area contributed by atoms with E-state index in [2.05, 4.69) is 54.2 Å². The Bertz CT molecular complexity index is 2160. The highest BCUT2D eigenvalue weighted by molar-refractivity contribution is 6.36. The third kappa shape index (κ3) is 6.87. The Hall–Kier alpha value is -5.19. The lowest BCUT2D eigenvalue weighted by atomic mass is 9.92. The zero-order chi connectivity index (χ0) is 37.6. The molecule has 284 valence electrons. The first kappa shape index (κ1) is 35.5. The lowest BCUT2D eigenvalue weighted by Gasteiger charge is -2.40. The highest BCUT2D eigenvalue weighted by atomic mass is 35.5. The summed E-state index contributed by atoms with van der Waals surface area (Å²) in [5, 5.41) is 22.7. The van der Waals surface area contributed by atoms with Gasteiger partial charge in [-0.25, -0.2) is 0 Å². The average molecular weight is 761 g/mol. The minimum Gasteiger partial charge on any atom is -0.370 e. The number of fused-ring (bicyclic) bond motifs is 2. The second kappa shape index (κ2) is 14.8. The number of piperidine rings is 3. The van der Waals surface area contributed by atoms with Gasteiger partial charge in [-0.05, 0) is 86.1 Å². The smallest absolute Gasteiger partial charge is 0.255 e. The maximum atomic E-state index is 13.1. The number of aromatic nitrogens is 3. The van der Waals surface area contributed by atoms with Crippen LogP contribution >= 0.6 is 11.6 Å². The largest absolute Gasteiger partial charge is 0.370 e. The first-order chi connectivity index (χ1) is 26.8. The zero-order valence-corrected chi connectivity index (χ0v) is 31.6. The second-order valence-electron chi connectivity index (χ2n) is 15.7. The van der Waals surface area contributed by atoms with Crippen LogP contribution < -0.4 is 20.0 Å². The lowest BCUT2D eigenvalue weighted by molar-refractivity contribution is -0.136. The van der Waals surface area contributed by atoms with Gasteiger partial charge in [0.05, 0.1) is 27.5 Å². The van der Waals surface area contributed by atoms with E-state index in [9.17, 15) is 19.6 Å². The number of nitrogens with one attached hydrogen (secondary N) is 2. The minimum absolute atomic E-state index is 0.129. The topological polar surface area (TPSA) is 145 Å². The average Bonchev–Trinajstić information content (AvgIpc) is 3.80. The van der Waals surface area contributed by atoms with E-state index in [-0.39, 0.29) is 24.1 Å². The van der Waals surface area contributed by atoms with Crippen LogP contribution in [0.4, 0.5) is 17.2 Å². The number of amides is 3. The summed E-state index contributed by atoms with van der Waals surface area (Å²) in [7, 11) is 0. The van der Waals surface area contributed by atoms with Gasteiger partial charge in [0, 0.05) is 101 Å². The third-order valence-corrected chi connectivity index (χ3v) is 12.8. The number of anilines is 3. The number of hydrogen-bond acceptors (Lipinski definition) is 10. The molecule has 0 radical (unpaired) electrons. The first-order valence-electron chi connectivity index (χ1n) is 19.6. The van der Waals surface area contributed by atoms with Gasteiger partial charge < -0.3 is 24.6 Å². The van der Waals surface area contributed by atoms with Gasteiger partial charge in [0.2, 0.25) is 11.8 Å². The maximum Gasteiger partial charge on any atom is 0.255 e. The van der Waals surface area contributed by atoms with E-state index in [4.69, 9.17) is 21.8 Å². The number of imide groups is 1. The molecule has 9 rings (SSSR count). The highest BCUT2D eigenvalue weighted by Crippen LogP contribution is 2.37. The standard InChI is InChI=1S/C41H45ClN10O3/c42-32-3-5-34(39-38(32)29(22-43)23-44-39)50-15-11-27(12-16-50)33-4-7-36(47-46-33)51-13-9-26(10-14-51)24-48-17-19-49(20-18-48)30-1-2-31-28(21-30)25-52(41(31)55)35-6-8-37(53)45-40(35)54/h1-5,7,21,23,26-27,35,44H,6,8-20,24-25H2,(H,45,53,54). The summed E-state index contributed by atoms with van der Waals surface area (Å²) in [4.78, 5) is 51.8. The molecule has 13 nitrogen and oxygen atoms in total. The van der Waals surface area contributed by atoms with E-state index in [0.717, 1.165) is 124 Å². The number of rotatable bonds is 7. The Morgan fingerprint density at radius 2 is 1.62 bits per heavy atom. The number of nitrogens with zero attached hydrogens (tertiary/aromatic N) is 8. The summed E-state index contributed by atoms with van der Waals surface area (Å²) in [5.74, 6) is 1.21. The van der Waals surface area contributed by atoms with Crippen LogP contribution in [0.1, 0.15) is 71.6 Å². The van der Waals surface area contributed by atoms with Gasteiger partial charge in [0.1, 0.15) is 12.1 Å². The van der Waals surface area contributed by atoms with E-state index in [1.54, 1.807) is 11.1 Å². The summed E-state index contributed by atoms with van der Waals surface area (Å²) in [6.07, 6.45) is 6.62. The molecule has 55 heavy (non-hydrogen) atoms. The van der Waals surface area contributed by atoms with Crippen molar-refractivity contribution in [2.24, 2.45) is 5.92 Å². The van der Waals surface area contributed by atoms with Crippen LogP contribution in [0.25, 0.3) is 10.9 Å². The molecule has 4 saturated heterocycles. The predicted molar refractivity (Wildman–Crippen MR) is 210 cm³/mol. The number of hydrogen-bond donors (Lipinski definition) is 2. The van der Waals surface area contributed by atoms with Crippen molar-refractivity contribution in [2.45, 2.75) is 57.0 Å². The molecule has 0 aliphatic carbocycles. The van der Waals surface area contributed by atoms with Crippen molar-refractivity contribution in [3.63, 3.8) is 0 Å². The van der Waals surface area contributed by atoms with Crippen molar-refractivity contribution in [1.29, 1.82) is 5.26 Å². The molecule has 5 aliphatic rings. The van der Waals surface area contributed by atoms with Gasteiger partial charge in [-0.15, -0.1) is 5.10 Å². The van der Waals surface area contributed by atoms with Crippen LogP contribution in [-0.4, -0.2) is 108 Å². The summed E-state index contributed by atoms with van der Waals surface area (Å²) in [5.41, 5.74) is 6.37. The molecule has 2 aromatic carbocycles. The molecule has 7 heterocycles. The van der Waals surface area contributed by atoms with Gasteiger partial charge in [0.15, 0.2) is 5.82 Å². The number of nitriles is 1. The number of benzene rings is 2. The van der Waals surface area contributed by atoms with Gasteiger partial charge in [0.25, 0.3) is 5.91 Å². The van der Waals surface area contributed by atoms with E-state index in [0.29, 0.717) is 41.0 Å². The molecular formula is C41H45ClN10O3. The van der Waals surface area contributed by atoms with Gasteiger partial charge in [-0.3, -0.25) is 24.6 Å². The molecule has 4 aromatic rings. The van der Waals surface area contributed by atoms with Crippen LogP contribution in [-0.2, 0) is 16.1 Å². The molecule has 14 heteroatoms. The van der Waals surface area contributed by atoms with Crippen molar-refractivity contribution in [3.8, 4) is 6.07 Å². The van der Waals surface area contributed by atoms with E-state index in [1.807, 2.05) is 24.3 Å². The summed E-state index contributed by atoms with van der Waals surface area (Å²) < 4.78 is 0. The Balaban J connectivity index is 0.724. The Kier molecular flexibility index (Phi) is 9.56. The fourth-order valence-electron chi connectivity index (χ4n) is 9.34. The third-order valence-electron chi connectivity index (χ3n) is 12.5. The molecule has 0 bridgehead atoms. The first-order valence-corrected chi connectivity index (χ1v) is 20.0. The molecule has 3 amide bonds. The van der Waals surface area contributed by atoms with Gasteiger partial charge >= 0.3 is 0 Å². The molecule has 1 unspecified atom stereocenters. The van der Waals surface area contributed by atoms with Crippen LogP contribution in [0.3, 0.4) is 0 Å². The molecule has 5 aliphatic heterocycles. The number of H-pyrrole nitrogens is 1. The molecule has 2 N–H and O–H groups in total. The molecule has 1 atom stereocenters. The fraction of sp³-hybridized carbons (Fsp3) is 0.463. The summed E-state index contributed by atoms with van der Waals surface area (Å²) in [6.45, 7) is 9.16. The van der Waals surface area contributed by atoms with Crippen molar-refractivity contribution < 1.29 is 14.4 Å². The predicted octanol–water partition coefficient (Wildman–Crippen LogP) is 4.67. The highest BCUT2D eigenvalue weighted by Gasteiger charge is 2.39. The van der Waals surface area contributed by atoms with Crippen LogP contribution in [0.15, 0.2) is 48.7 Å². The van der Waals surface area contributed by atoms with Crippen molar-refractivity contribution >= 4 is 57.4 Å². The van der Waals surface area contributed by atoms with Crippen LogP contribution in [0, 0.1) is 17.2 Å². The lowest BCUT2D eigenvalue weighted by Crippen LogP contribution is -2.52. The Morgan fingerprint density at radius 1 is 0.836 bits per heavy atom. The van der Waals surface area contributed by atoms with Gasteiger partial charge in [-0.1, -0.05) is 11.6 Å². The van der Waals surface area contributed by atoms with E-state index >= 15 is 0 Å².